The quantitative estimate of drug-likeness (QED) is 0.535. The van der Waals surface area contributed by atoms with Crippen molar-refractivity contribution >= 4 is 51.8 Å². The molecule has 1 aliphatic heterocycles. The average Bonchev–Trinajstić information content (AvgIpc) is 3.15. The van der Waals surface area contributed by atoms with Gasteiger partial charge >= 0.3 is 0 Å². The summed E-state index contributed by atoms with van der Waals surface area (Å²) in [5.74, 6) is -1.60. The molecule has 3 aromatic rings. The molecule has 0 saturated heterocycles. The summed E-state index contributed by atoms with van der Waals surface area (Å²) in [6, 6.07) is 14.8. The lowest BCUT2D eigenvalue weighted by atomic mass is 10.3. The fraction of sp³-hybridized carbons (Fsp3) is 0.176. The molecule has 0 saturated carbocycles. The molecule has 4 rings (SSSR count). The molecule has 2 heterocycles. The zero-order valence-corrected chi connectivity index (χ0v) is 14.7. The van der Waals surface area contributed by atoms with Crippen molar-refractivity contribution in [3.63, 3.8) is 0 Å². The third-order valence-electron chi connectivity index (χ3n) is 4.00. The van der Waals surface area contributed by atoms with Crippen molar-refractivity contribution in [2.45, 2.75) is 17.2 Å². The number of thioether (sulfide) groups is 1. The van der Waals surface area contributed by atoms with Crippen molar-refractivity contribution in [2.24, 2.45) is 0 Å². The van der Waals surface area contributed by atoms with E-state index in [2.05, 4.69) is 14.9 Å². The van der Waals surface area contributed by atoms with Gasteiger partial charge in [-0.05, 0) is 48.6 Å². The Bertz CT molecular complexity index is 924. The van der Waals surface area contributed by atoms with E-state index in [1.807, 2.05) is 29.2 Å². The van der Waals surface area contributed by atoms with E-state index in [1.54, 1.807) is 24.3 Å². The summed E-state index contributed by atoms with van der Waals surface area (Å²) in [7, 11) is 0. The van der Waals surface area contributed by atoms with Crippen molar-refractivity contribution in [2.75, 3.05) is 16.8 Å². The molecule has 0 spiro atoms. The number of hydrogen-bond donors (Lipinski definition) is 1. The summed E-state index contributed by atoms with van der Waals surface area (Å²) < 4.78 is 26.9. The van der Waals surface area contributed by atoms with Gasteiger partial charge in [0.05, 0.1) is 11.0 Å². The highest BCUT2D eigenvalue weighted by Crippen LogP contribution is 2.29. The number of aromatic nitrogens is 2. The Kier molecular flexibility index (Phi) is 4.30. The standard InChI is InChI=1S/C17H14F2N4S2/c18-15(19)25-12-7-5-11(6-8-12)20-17(24)23-10-9-22-14-4-2-1-3-13(14)21-16(22)23/h1-8,15H,9-10H2,(H,20,24). The van der Waals surface area contributed by atoms with Crippen LogP contribution in [0.15, 0.2) is 53.4 Å². The number of nitrogens with zero attached hydrogens (tertiary/aromatic N) is 3. The van der Waals surface area contributed by atoms with E-state index in [-0.39, 0.29) is 0 Å². The number of fused-ring (bicyclic) bond motifs is 3. The second kappa shape index (κ2) is 6.61. The minimum atomic E-state index is -2.42. The Morgan fingerprint density at radius 1 is 1.12 bits per heavy atom. The van der Waals surface area contributed by atoms with Gasteiger partial charge in [-0.3, -0.25) is 4.90 Å². The molecule has 0 amide bonds. The lowest BCUT2D eigenvalue weighted by molar-refractivity contribution is 0.252. The maximum atomic E-state index is 12.4. The van der Waals surface area contributed by atoms with E-state index in [4.69, 9.17) is 12.2 Å². The van der Waals surface area contributed by atoms with Crippen LogP contribution in [0.1, 0.15) is 0 Å². The van der Waals surface area contributed by atoms with Crippen LogP contribution >= 0.6 is 24.0 Å². The number of anilines is 2. The number of imidazole rings is 1. The van der Waals surface area contributed by atoms with Gasteiger partial charge in [-0.15, -0.1) is 0 Å². The van der Waals surface area contributed by atoms with E-state index in [0.717, 1.165) is 35.8 Å². The van der Waals surface area contributed by atoms with Crippen LogP contribution in [0.4, 0.5) is 20.4 Å². The first-order valence-corrected chi connectivity index (χ1v) is 8.99. The Morgan fingerprint density at radius 2 is 1.88 bits per heavy atom. The Balaban J connectivity index is 1.51. The zero-order chi connectivity index (χ0) is 17.4. The second-order valence-corrected chi connectivity index (χ2v) is 6.99. The van der Waals surface area contributed by atoms with E-state index >= 15 is 0 Å². The molecule has 2 aromatic carbocycles. The predicted molar refractivity (Wildman–Crippen MR) is 102 cm³/mol. The predicted octanol–water partition coefficient (Wildman–Crippen LogP) is 4.57. The molecular formula is C17H14F2N4S2. The summed E-state index contributed by atoms with van der Waals surface area (Å²) in [4.78, 5) is 7.14. The maximum Gasteiger partial charge on any atom is 0.288 e. The average molecular weight is 376 g/mol. The van der Waals surface area contributed by atoms with Crippen LogP contribution in [0.2, 0.25) is 0 Å². The zero-order valence-electron chi connectivity index (χ0n) is 13.0. The monoisotopic (exact) mass is 376 g/mol. The first kappa shape index (κ1) is 16.3. The van der Waals surface area contributed by atoms with Gasteiger partial charge in [-0.25, -0.2) is 4.98 Å². The lowest BCUT2D eigenvalue weighted by Gasteiger charge is -2.18. The molecule has 0 fully saturated rings. The molecule has 0 radical (unpaired) electrons. The number of thiocarbonyl (C=S) groups is 1. The van der Waals surface area contributed by atoms with Gasteiger partial charge in [-0.1, -0.05) is 23.9 Å². The van der Waals surface area contributed by atoms with Crippen LogP contribution in [0.3, 0.4) is 0 Å². The smallest absolute Gasteiger partial charge is 0.288 e. The number of benzene rings is 2. The third kappa shape index (κ3) is 3.19. The van der Waals surface area contributed by atoms with Crippen molar-refractivity contribution in [1.82, 2.24) is 9.55 Å². The SMILES string of the molecule is FC(F)Sc1ccc(NC(=S)N2CCn3c2nc2ccccc23)cc1. The molecule has 1 aromatic heterocycles. The van der Waals surface area contributed by atoms with E-state index in [9.17, 15) is 8.78 Å². The van der Waals surface area contributed by atoms with Crippen molar-refractivity contribution in [3.8, 4) is 0 Å². The number of hydrogen-bond acceptors (Lipinski definition) is 3. The van der Waals surface area contributed by atoms with Crippen LogP contribution in [-0.4, -0.2) is 27.0 Å². The van der Waals surface area contributed by atoms with Gasteiger partial charge in [0.15, 0.2) is 5.11 Å². The second-order valence-electron chi connectivity index (χ2n) is 5.54. The summed E-state index contributed by atoms with van der Waals surface area (Å²) in [6.07, 6.45) is 0. The number of rotatable bonds is 3. The highest BCUT2D eigenvalue weighted by molar-refractivity contribution is 7.99. The number of para-hydroxylation sites is 2. The molecular weight excluding hydrogens is 362 g/mol. The van der Waals surface area contributed by atoms with Crippen molar-refractivity contribution in [3.05, 3.63) is 48.5 Å². The van der Waals surface area contributed by atoms with Crippen LogP contribution in [0.5, 0.6) is 0 Å². The van der Waals surface area contributed by atoms with E-state index < -0.39 is 5.76 Å². The van der Waals surface area contributed by atoms with Gasteiger partial charge in [0, 0.05) is 23.7 Å². The molecule has 4 nitrogen and oxygen atoms in total. The summed E-state index contributed by atoms with van der Waals surface area (Å²) in [6.45, 7) is 1.57. The summed E-state index contributed by atoms with van der Waals surface area (Å²) in [5.41, 5.74) is 2.80. The van der Waals surface area contributed by atoms with Gasteiger partial charge in [0.25, 0.3) is 5.76 Å². The first-order valence-electron chi connectivity index (χ1n) is 7.70. The Morgan fingerprint density at radius 3 is 2.64 bits per heavy atom. The number of nitrogens with one attached hydrogen (secondary N) is 1. The highest BCUT2D eigenvalue weighted by Gasteiger charge is 2.26. The van der Waals surface area contributed by atoms with Crippen LogP contribution in [-0.2, 0) is 6.54 Å². The number of halogens is 2. The van der Waals surface area contributed by atoms with Crippen LogP contribution in [0.25, 0.3) is 11.0 Å². The fourth-order valence-corrected chi connectivity index (χ4v) is 3.68. The Hall–Kier alpha value is -2.19. The topological polar surface area (TPSA) is 33.1 Å². The normalized spacial score (nSPS) is 13.5. The minimum absolute atomic E-state index is 0.523. The van der Waals surface area contributed by atoms with Crippen LogP contribution < -0.4 is 10.2 Å². The fourth-order valence-electron chi connectivity index (χ4n) is 2.89. The van der Waals surface area contributed by atoms with E-state index in [0.29, 0.717) is 21.8 Å². The molecule has 0 aliphatic carbocycles. The summed E-state index contributed by atoms with van der Waals surface area (Å²) >= 11 is 6.04. The molecule has 1 N–H and O–H groups in total. The third-order valence-corrected chi connectivity index (χ3v) is 5.04. The first-order chi connectivity index (χ1) is 12.1. The molecule has 128 valence electrons. The van der Waals surface area contributed by atoms with Gasteiger partial charge < -0.3 is 9.88 Å². The molecule has 0 bridgehead atoms. The minimum Gasteiger partial charge on any atom is -0.332 e. The van der Waals surface area contributed by atoms with Gasteiger partial charge in [0.1, 0.15) is 0 Å². The van der Waals surface area contributed by atoms with Crippen molar-refractivity contribution < 1.29 is 8.78 Å². The van der Waals surface area contributed by atoms with Gasteiger partial charge in [-0.2, -0.15) is 8.78 Å². The molecule has 25 heavy (non-hydrogen) atoms. The van der Waals surface area contributed by atoms with Crippen molar-refractivity contribution in [1.29, 1.82) is 0 Å². The van der Waals surface area contributed by atoms with E-state index in [1.165, 1.54) is 0 Å². The molecule has 8 heteroatoms. The molecule has 0 atom stereocenters. The largest absolute Gasteiger partial charge is 0.332 e. The molecule has 1 aliphatic rings. The van der Waals surface area contributed by atoms with Crippen LogP contribution in [0, 0.1) is 0 Å². The molecule has 0 unspecified atom stereocenters. The summed E-state index contributed by atoms with van der Waals surface area (Å²) in [5, 5.41) is 3.70. The highest BCUT2D eigenvalue weighted by atomic mass is 32.2. The van der Waals surface area contributed by atoms with Gasteiger partial charge in [0.2, 0.25) is 5.95 Å². The maximum absolute atomic E-state index is 12.4. The lowest BCUT2D eigenvalue weighted by Crippen LogP contribution is -2.33. The number of alkyl halides is 2. The Labute approximate surface area is 152 Å².